The molecule has 224 valence electrons. The molecule has 4 aromatic carbocycles. The van der Waals surface area contributed by atoms with Crippen LogP contribution in [0.15, 0.2) is 84.9 Å². The zero-order valence-electron chi connectivity index (χ0n) is 21.9. The van der Waals surface area contributed by atoms with Crippen molar-refractivity contribution in [2.45, 2.75) is 37.0 Å². The number of phenols is 4. The molecule has 0 bridgehead atoms. The molecule has 0 amide bonds. The van der Waals surface area contributed by atoms with Gasteiger partial charge < -0.3 is 20.4 Å². The predicted octanol–water partition coefficient (Wildman–Crippen LogP) is 8.21. The van der Waals surface area contributed by atoms with Crippen molar-refractivity contribution < 1.29 is 55.5 Å². The number of hydrogen-bond donors (Lipinski definition) is 4. The third kappa shape index (κ3) is 6.07. The van der Waals surface area contributed by atoms with Crippen LogP contribution in [0, 0.1) is 11.6 Å². The maximum absolute atomic E-state index is 13.6. The fourth-order valence-electron chi connectivity index (χ4n) is 4.36. The molecule has 0 heterocycles. The van der Waals surface area contributed by atoms with Crippen molar-refractivity contribution in [2.75, 3.05) is 0 Å². The van der Waals surface area contributed by atoms with Crippen LogP contribution in [0.25, 0.3) is 0 Å². The van der Waals surface area contributed by atoms with Crippen LogP contribution in [0.3, 0.4) is 0 Å². The largest absolute Gasteiger partial charge is 0.508 e. The Bertz CT molecular complexity index is 1410. The lowest BCUT2D eigenvalue weighted by Crippen LogP contribution is -2.54. The maximum atomic E-state index is 13.6. The van der Waals surface area contributed by atoms with Gasteiger partial charge in [-0.15, -0.1) is 0 Å². The molecule has 4 nitrogen and oxygen atoms in total. The molecule has 0 radical (unpaired) electrons. The van der Waals surface area contributed by atoms with Crippen LogP contribution in [0.4, 0.5) is 35.1 Å². The molecule has 0 spiro atoms. The summed E-state index contributed by atoms with van der Waals surface area (Å²) in [5, 5.41) is 36.7. The van der Waals surface area contributed by atoms with Gasteiger partial charge in [0.05, 0.1) is 0 Å². The minimum Gasteiger partial charge on any atom is -0.508 e. The second kappa shape index (κ2) is 11.4. The fraction of sp³-hybridized carbons (Fsp3) is 0.200. The average molecular weight is 601 g/mol. The van der Waals surface area contributed by atoms with Crippen LogP contribution in [0.5, 0.6) is 23.0 Å². The van der Waals surface area contributed by atoms with E-state index >= 15 is 0 Å². The molecule has 4 rings (SSSR count). The fourth-order valence-corrected chi connectivity index (χ4v) is 4.36. The Morgan fingerprint density at radius 1 is 0.452 bits per heavy atom. The van der Waals surface area contributed by atoms with Gasteiger partial charge >= 0.3 is 12.4 Å². The minimum atomic E-state index is -5.70. The van der Waals surface area contributed by atoms with Crippen molar-refractivity contribution >= 4 is 0 Å². The van der Waals surface area contributed by atoms with Crippen molar-refractivity contribution in [2.24, 2.45) is 0 Å². The van der Waals surface area contributed by atoms with Gasteiger partial charge in [-0.1, -0.05) is 50.2 Å². The van der Waals surface area contributed by atoms with E-state index in [1.54, 1.807) is 12.1 Å². The minimum absolute atomic E-state index is 0.420. The van der Waals surface area contributed by atoms with E-state index in [-0.39, 0.29) is 0 Å². The van der Waals surface area contributed by atoms with Gasteiger partial charge in [0.15, 0.2) is 23.1 Å². The molecular formula is C30H24F8O4. The molecule has 0 aromatic heterocycles. The van der Waals surface area contributed by atoms with Crippen LogP contribution in [0.1, 0.15) is 36.1 Å². The van der Waals surface area contributed by atoms with Gasteiger partial charge in [-0.25, -0.2) is 8.78 Å². The Hall–Kier alpha value is -4.48. The molecule has 0 saturated heterocycles. The number of hydrogen-bond acceptors (Lipinski definition) is 4. The summed E-state index contributed by atoms with van der Waals surface area (Å²) >= 11 is 0. The molecule has 4 aromatic rings. The van der Waals surface area contributed by atoms with Gasteiger partial charge in [0.1, 0.15) is 11.5 Å². The second-order valence-corrected chi connectivity index (χ2v) is 9.80. The van der Waals surface area contributed by atoms with Crippen LogP contribution in [-0.4, -0.2) is 32.8 Å². The number of phenolic OH excluding ortho intramolecular Hbond substituents is 4. The summed E-state index contributed by atoms with van der Waals surface area (Å²) in [6.07, 6.45) is -11.4. The van der Waals surface area contributed by atoms with Gasteiger partial charge in [-0.05, 0) is 70.8 Å². The summed E-state index contributed by atoms with van der Waals surface area (Å²) in [7, 11) is 0. The molecule has 0 aliphatic carbocycles. The topological polar surface area (TPSA) is 80.9 Å². The lowest BCUT2D eigenvalue weighted by Gasteiger charge is -2.38. The Morgan fingerprint density at radius 2 is 0.738 bits per heavy atom. The standard InChI is InChI=1S/C15H10F6O2.C15H14F2O2/c16-14(17,18)13(15(19,20)21,9-1-5-11(22)6-2-9)10-3-7-12(23)8-4-10;1-15(2,9-3-5-13(18)11(16)7-9)10-4-6-14(19)12(17)8-10/h1-8,22-23H;3-8,18-19H,1-2H3. The third-order valence-electron chi connectivity index (χ3n) is 6.79. The Morgan fingerprint density at radius 3 is 1.00 bits per heavy atom. The molecule has 0 fully saturated rings. The van der Waals surface area contributed by atoms with E-state index in [0.717, 1.165) is 24.3 Å². The highest BCUT2D eigenvalue weighted by Crippen LogP contribution is 2.56. The summed E-state index contributed by atoms with van der Waals surface area (Å²) in [5.74, 6) is -3.20. The van der Waals surface area contributed by atoms with Crippen LogP contribution < -0.4 is 0 Å². The monoisotopic (exact) mass is 600 g/mol. The molecule has 0 aliphatic rings. The first-order valence-corrected chi connectivity index (χ1v) is 12.0. The third-order valence-corrected chi connectivity index (χ3v) is 6.79. The molecule has 12 heteroatoms. The van der Waals surface area contributed by atoms with Crippen molar-refractivity contribution in [1.29, 1.82) is 0 Å². The summed E-state index contributed by atoms with van der Waals surface area (Å²) in [6.45, 7) is 3.62. The molecular weight excluding hydrogens is 576 g/mol. The van der Waals surface area contributed by atoms with Crippen molar-refractivity contribution in [3.8, 4) is 23.0 Å². The normalized spacial score (nSPS) is 12.4. The first-order chi connectivity index (χ1) is 19.3. The maximum Gasteiger partial charge on any atom is 0.411 e. The van der Waals surface area contributed by atoms with Crippen LogP contribution >= 0.6 is 0 Å². The Labute approximate surface area is 234 Å². The zero-order chi connectivity index (χ0) is 31.7. The summed E-state index contributed by atoms with van der Waals surface area (Å²) in [4.78, 5) is 0. The summed E-state index contributed by atoms with van der Waals surface area (Å²) in [5.41, 5.74) is -5.88. The van der Waals surface area contributed by atoms with Gasteiger partial charge in [0, 0.05) is 5.41 Å². The highest BCUT2D eigenvalue weighted by atomic mass is 19.4. The quantitative estimate of drug-likeness (QED) is 0.178. The second-order valence-electron chi connectivity index (χ2n) is 9.80. The number of rotatable bonds is 4. The number of benzene rings is 4. The average Bonchev–Trinajstić information content (AvgIpc) is 2.88. The highest BCUT2D eigenvalue weighted by Gasteiger charge is 2.72. The van der Waals surface area contributed by atoms with Crippen LogP contribution in [-0.2, 0) is 10.8 Å². The number of halogens is 8. The van der Waals surface area contributed by atoms with E-state index in [0.29, 0.717) is 35.4 Å². The summed E-state index contributed by atoms with van der Waals surface area (Å²) < 4.78 is 108. The van der Waals surface area contributed by atoms with Gasteiger partial charge in [-0.2, -0.15) is 26.3 Å². The molecule has 0 saturated carbocycles. The Kier molecular flexibility index (Phi) is 8.71. The lowest BCUT2D eigenvalue weighted by atomic mass is 9.73. The predicted molar refractivity (Wildman–Crippen MR) is 137 cm³/mol. The van der Waals surface area contributed by atoms with E-state index in [2.05, 4.69) is 0 Å². The molecule has 0 atom stereocenters. The first kappa shape index (κ1) is 32.0. The smallest absolute Gasteiger partial charge is 0.411 e. The van der Waals surface area contributed by atoms with E-state index in [1.165, 1.54) is 24.3 Å². The van der Waals surface area contributed by atoms with Gasteiger partial charge in [0.2, 0.25) is 5.41 Å². The first-order valence-electron chi connectivity index (χ1n) is 12.0. The highest BCUT2D eigenvalue weighted by molar-refractivity contribution is 5.47. The molecule has 42 heavy (non-hydrogen) atoms. The molecule has 0 unspecified atom stereocenters. The molecule has 4 N–H and O–H groups in total. The summed E-state index contributed by atoms with van der Waals surface area (Å²) in [6, 6.07) is 13.4. The van der Waals surface area contributed by atoms with E-state index in [9.17, 15) is 45.3 Å². The van der Waals surface area contributed by atoms with E-state index < -0.39 is 68.9 Å². The zero-order valence-corrected chi connectivity index (χ0v) is 21.9. The van der Waals surface area contributed by atoms with Crippen LogP contribution in [0.2, 0.25) is 0 Å². The number of alkyl halides is 6. The van der Waals surface area contributed by atoms with Crippen molar-refractivity contribution in [3.63, 3.8) is 0 Å². The van der Waals surface area contributed by atoms with E-state index in [4.69, 9.17) is 10.2 Å². The van der Waals surface area contributed by atoms with Gasteiger partial charge in [0.25, 0.3) is 0 Å². The van der Waals surface area contributed by atoms with Gasteiger partial charge in [-0.3, -0.25) is 0 Å². The molecule has 0 aliphatic heterocycles. The number of aromatic hydroxyl groups is 4. The van der Waals surface area contributed by atoms with Crippen molar-refractivity contribution in [3.05, 3.63) is 119 Å². The SMILES string of the molecule is CC(C)(c1ccc(O)c(F)c1)c1ccc(O)c(F)c1.Oc1ccc(C(c2ccc(O)cc2)(C(F)(F)F)C(F)(F)F)cc1. The van der Waals surface area contributed by atoms with Crippen molar-refractivity contribution in [1.82, 2.24) is 0 Å². The Balaban J connectivity index is 0.000000235. The van der Waals surface area contributed by atoms with E-state index in [1.807, 2.05) is 13.8 Å². The lowest BCUT2D eigenvalue weighted by molar-refractivity contribution is -0.288.